The zero-order valence-corrected chi connectivity index (χ0v) is 16.4. The lowest BCUT2D eigenvalue weighted by Gasteiger charge is -2.28. The molecule has 4 rings (SSSR count). The first-order valence-corrected chi connectivity index (χ1v) is 9.91. The predicted octanol–water partition coefficient (Wildman–Crippen LogP) is 5.00. The van der Waals surface area contributed by atoms with Gasteiger partial charge in [0.1, 0.15) is 0 Å². The molecule has 0 aliphatic heterocycles. The second kappa shape index (κ2) is 7.59. The molecule has 0 spiro atoms. The van der Waals surface area contributed by atoms with Crippen LogP contribution in [0.5, 0.6) is 0 Å². The van der Waals surface area contributed by atoms with Crippen LogP contribution >= 0.6 is 0 Å². The highest BCUT2D eigenvalue weighted by Gasteiger charge is 2.32. The third kappa shape index (κ3) is 3.71. The number of fused-ring (bicyclic) bond motifs is 1. The van der Waals surface area contributed by atoms with E-state index in [4.69, 9.17) is 4.42 Å². The molecule has 0 N–H and O–H groups in total. The van der Waals surface area contributed by atoms with Gasteiger partial charge in [0.05, 0.1) is 12.0 Å². The second-order valence-corrected chi connectivity index (χ2v) is 8.36. The van der Waals surface area contributed by atoms with E-state index in [2.05, 4.69) is 54.4 Å². The maximum atomic E-state index is 9.77. The number of nitrogens with zero attached hydrogens (tertiary/aromatic N) is 3. The average Bonchev–Trinajstić information content (AvgIpc) is 3.18. The summed E-state index contributed by atoms with van der Waals surface area (Å²) in [5.41, 5.74) is 3.46. The number of benzene rings is 2. The second-order valence-electron chi connectivity index (χ2n) is 8.36. The van der Waals surface area contributed by atoms with E-state index in [0.717, 1.165) is 24.8 Å². The summed E-state index contributed by atoms with van der Waals surface area (Å²) < 4.78 is 6.07. The lowest BCUT2D eigenvalue weighted by atomic mass is 9.74. The average molecular weight is 371 g/mol. The van der Waals surface area contributed by atoms with Crippen molar-refractivity contribution in [2.24, 2.45) is 5.92 Å². The summed E-state index contributed by atoms with van der Waals surface area (Å²) in [7, 11) is 0. The quantitative estimate of drug-likeness (QED) is 0.633. The summed E-state index contributed by atoms with van der Waals surface area (Å²) in [5, 5.41) is 18.4. The third-order valence-corrected chi connectivity index (χ3v) is 5.76. The fraction of sp³-hybridized carbons (Fsp3) is 0.375. The Hall–Kier alpha value is -2.93. The van der Waals surface area contributed by atoms with Crippen LogP contribution in [0.2, 0.25) is 0 Å². The fourth-order valence-corrected chi connectivity index (χ4v) is 4.24. The Bertz CT molecular complexity index is 984. The van der Waals surface area contributed by atoms with Gasteiger partial charge in [0.25, 0.3) is 0 Å². The third-order valence-electron chi connectivity index (χ3n) is 5.76. The smallest absolute Gasteiger partial charge is 0.222 e. The molecule has 4 nitrogen and oxygen atoms in total. The van der Waals surface area contributed by atoms with Crippen molar-refractivity contribution in [2.75, 3.05) is 0 Å². The van der Waals surface area contributed by atoms with E-state index in [0.29, 0.717) is 18.2 Å². The number of hydrogen-bond acceptors (Lipinski definition) is 4. The van der Waals surface area contributed by atoms with Crippen LogP contribution in [-0.4, -0.2) is 10.2 Å². The van der Waals surface area contributed by atoms with Crippen molar-refractivity contribution >= 4 is 0 Å². The number of aromatic nitrogens is 2. The van der Waals surface area contributed by atoms with Gasteiger partial charge in [-0.2, -0.15) is 5.26 Å². The Morgan fingerprint density at radius 1 is 1.07 bits per heavy atom. The van der Waals surface area contributed by atoms with Crippen molar-refractivity contribution in [1.82, 2.24) is 10.2 Å². The molecule has 4 heteroatoms. The van der Waals surface area contributed by atoms with E-state index < -0.39 is 0 Å². The molecule has 2 atom stereocenters. The van der Waals surface area contributed by atoms with Crippen LogP contribution in [0.1, 0.15) is 54.7 Å². The first-order valence-electron chi connectivity index (χ1n) is 9.91. The molecule has 0 saturated heterocycles. The Morgan fingerprint density at radius 3 is 2.61 bits per heavy atom. The molecule has 2 unspecified atom stereocenters. The monoisotopic (exact) mass is 371 g/mol. The summed E-state index contributed by atoms with van der Waals surface area (Å²) in [6.07, 6.45) is 3.47. The molecule has 1 heterocycles. The molecule has 0 bridgehead atoms. The SMILES string of the molecule is CC(C)(Cc1ccccc1)c1nnc(CC2CCc3ccccc3C2C#N)o1. The summed E-state index contributed by atoms with van der Waals surface area (Å²) in [4.78, 5) is 0. The van der Waals surface area contributed by atoms with Gasteiger partial charge in [-0.15, -0.1) is 10.2 Å². The largest absolute Gasteiger partial charge is 0.425 e. The Morgan fingerprint density at radius 2 is 1.82 bits per heavy atom. The van der Waals surface area contributed by atoms with Gasteiger partial charge < -0.3 is 4.42 Å². The lowest BCUT2D eigenvalue weighted by Crippen LogP contribution is -2.22. The van der Waals surface area contributed by atoms with E-state index in [9.17, 15) is 5.26 Å². The molecular weight excluding hydrogens is 346 g/mol. The van der Waals surface area contributed by atoms with Crippen LogP contribution in [-0.2, 0) is 24.7 Å². The van der Waals surface area contributed by atoms with Gasteiger partial charge in [-0.05, 0) is 41.9 Å². The lowest BCUT2D eigenvalue weighted by molar-refractivity contribution is 0.323. The molecule has 2 aromatic carbocycles. The van der Waals surface area contributed by atoms with Crippen LogP contribution in [0.4, 0.5) is 0 Å². The molecule has 0 fully saturated rings. The first kappa shape index (κ1) is 18.4. The maximum Gasteiger partial charge on any atom is 0.222 e. The van der Waals surface area contributed by atoms with E-state index in [1.54, 1.807) is 0 Å². The first-order chi connectivity index (χ1) is 13.6. The number of aryl methyl sites for hydroxylation is 1. The van der Waals surface area contributed by atoms with Crippen LogP contribution in [0.25, 0.3) is 0 Å². The highest BCUT2D eigenvalue weighted by Crippen LogP contribution is 2.38. The minimum absolute atomic E-state index is 0.113. The Kier molecular flexibility index (Phi) is 5.00. The molecule has 0 radical (unpaired) electrons. The minimum Gasteiger partial charge on any atom is -0.425 e. The molecule has 0 saturated carbocycles. The summed E-state index contributed by atoms with van der Waals surface area (Å²) >= 11 is 0. The van der Waals surface area contributed by atoms with Crippen molar-refractivity contribution < 1.29 is 4.42 Å². The van der Waals surface area contributed by atoms with Gasteiger partial charge in [-0.25, -0.2) is 0 Å². The summed E-state index contributed by atoms with van der Waals surface area (Å²) in [5.74, 6) is 1.40. The normalized spacial score (nSPS) is 19.0. The fourth-order valence-electron chi connectivity index (χ4n) is 4.24. The van der Waals surface area contributed by atoms with Gasteiger partial charge in [-0.3, -0.25) is 0 Å². The molecule has 1 aliphatic carbocycles. The zero-order chi connectivity index (χ0) is 19.6. The highest BCUT2D eigenvalue weighted by atomic mass is 16.4. The van der Waals surface area contributed by atoms with Gasteiger partial charge in [0.2, 0.25) is 11.8 Å². The summed E-state index contributed by atoms with van der Waals surface area (Å²) in [6.45, 7) is 4.26. The van der Waals surface area contributed by atoms with Crippen molar-refractivity contribution in [3.8, 4) is 6.07 Å². The molecule has 142 valence electrons. The van der Waals surface area contributed by atoms with Crippen molar-refractivity contribution in [3.63, 3.8) is 0 Å². The molecular formula is C24H25N3O. The van der Waals surface area contributed by atoms with Crippen LogP contribution in [0.3, 0.4) is 0 Å². The van der Waals surface area contributed by atoms with Crippen molar-refractivity contribution in [1.29, 1.82) is 5.26 Å². The van der Waals surface area contributed by atoms with Gasteiger partial charge in [-0.1, -0.05) is 68.4 Å². The van der Waals surface area contributed by atoms with E-state index >= 15 is 0 Å². The maximum absolute atomic E-state index is 9.77. The van der Waals surface area contributed by atoms with Crippen molar-refractivity contribution in [3.05, 3.63) is 83.1 Å². The van der Waals surface area contributed by atoms with Gasteiger partial charge in [0, 0.05) is 11.8 Å². The minimum atomic E-state index is -0.236. The zero-order valence-electron chi connectivity index (χ0n) is 16.4. The predicted molar refractivity (Wildman–Crippen MR) is 108 cm³/mol. The highest BCUT2D eigenvalue weighted by molar-refractivity contribution is 5.37. The van der Waals surface area contributed by atoms with E-state index in [-0.39, 0.29) is 17.3 Å². The number of hydrogen-bond donors (Lipinski definition) is 0. The number of rotatable bonds is 5. The van der Waals surface area contributed by atoms with E-state index in [1.807, 2.05) is 30.3 Å². The van der Waals surface area contributed by atoms with Gasteiger partial charge >= 0.3 is 0 Å². The summed E-state index contributed by atoms with van der Waals surface area (Å²) in [6, 6.07) is 21.2. The van der Waals surface area contributed by atoms with E-state index in [1.165, 1.54) is 11.1 Å². The molecule has 1 aliphatic rings. The van der Waals surface area contributed by atoms with Gasteiger partial charge in [0.15, 0.2) is 0 Å². The Balaban J connectivity index is 1.50. The Labute approximate surface area is 166 Å². The molecule has 3 aromatic rings. The molecule has 28 heavy (non-hydrogen) atoms. The van der Waals surface area contributed by atoms with Crippen LogP contribution < -0.4 is 0 Å². The van der Waals surface area contributed by atoms with Crippen LogP contribution in [0.15, 0.2) is 59.0 Å². The number of nitriles is 1. The molecule has 0 amide bonds. The topological polar surface area (TPSA) is 62.7 Å². The van der Waals surface area contributed by atoms with Crippen LogP contribution in [0, 0.1) is 17.2 Å². The van der Waals surface area contributed by atoms with Crippen molar-refractivity contribution in [2.45, 2.75) is 50.9 Å². The standard InChI is InChI=1S/C24H25N3O/c1-24(2,15-17-8-4-3-5-9-17)23-27-26-22(28-23)14-19-13-12-18-10-6-7-11-20(18)21(19)16-25/h3-11,19,21H,12-15H2,1-2H3. The molecule has 1 aromatic heterocycles.